The zero-order valence-electron chi connectivity index (χ0n) is 26.7. The molecule has 0 aliphatic carbocycles. The highest BCUT2D eigenvalue weighted by Gasteiger charge is 2.18. The van der Waals surface area contributed by atoms with Gasteiger partial charge in [0.2, 0.25) is 0 Å². The molecule has 3 rings (SSSR count). The van der Waals surface area contributed by atoms with Crippen LogP contribution in [0.3, 0.4) is 0 Å². The van der Waals surface area contributed by atoms with Gasteiger partial charge in [-0.15, -0.1) is 0 Å². The molecule has 0 unspecified atom stereocenters. The molecule has 0 saturated heterocycles. The molecule has 0 radical (unpaired) electrons. The zero-order valence-corrected chi connectivity index (χ0v) is 26.7. The molecular formula is C36H54O2. The van der Waals surface area contributed by atoms with Gasteiger partial charge in [0.25, 0.3) is 0 Å². The topological polar surface area (TPSA) is 18.5 Å². The first-order valence-electron chi connectivity index (χ1n) is 13.7. The SMILES string of the molecule is CC(C)(C)c1ccc(C(C)(C)C)cc1.CC(C)(C)c1cccc(C(C)(C)C)c1.COc1ccc(OC)cc1. The van der Waals surface area contributed by atoms with E-state index in [9.17, 15) is 0 Å². The highest BCUT2D eigenvalue weighted by molar-refractivity contribution is 5.33. The van der Waals surface area contributed by atoms with Crippen LogP contribution in [0.2, 0.25) is 0 Å². The standard InChI is InChI=1S/2C14H22.C8H10O2/c1-13(2,3)11-7-9-12(10-8-11)14(4,5)6;1-13(2,3)11-8-7-9-12(10-11)14(4,5)6;1-9-7-3-5-8(10-2)6-4-7/h2*7-10H,1-6H3;3-6H,1-2H3. The van der Waals surface area contributed by atoms with Crippen molar-refractivity contribution in [1.82, 2.24) is 0 Å². The minimum Gasteiger partial charge on any atom is -0.497 e. The van der Waals surface area contributed by atoms with Gasteiger partial charge in [0.15, 0.2) is 0 Å². The first-order valence-corrected chi connectivity index (χ1v) is 13.7. The Morgan fingerprint density at radius 2 is 0.632 bits per heavy atom. The maximum atomic E-state index is 4.96. The molecule has 3 aromatic carbocycles. The van der Waals surface area contributed by atoms with E-state index in [0.717, 1.165) is 11.5 Å². The Kier molecular flexibility index (Phi) is 11.7. The van der Waals surface area contributed by atoms with Crippen LogP contribution >= 0.6 is 0 Å². The highest BCUT2D eigenvalue weighted by atomic mass is 16.5. The van der Waals surface area contributed by atoms with E-state index in [2.05, 4.69) is 132 Å². The maximum Gasteiger partial charge on any atom is 0.119 e. The van der Waals surface area contributed by atoms with Crippen LogP contribution in [0.5, 0.6) is 11.5 Å². The van der Waals surface area contributed by atoms with Crippen molar-refractivity contribution < 1.29 is 9.47 Å². The Balaban J connectivity index is 0.000000290. The third kappa shape index (κ3) is 11.3. The van der Waals surface area contributed by atoms with Gasteiger partial charge in [-0.05, 0) is 68.2 Å². The Hall–Kier alpha value is -2.74. The molecule has 38 heavy (non-hydrogen) atoms. The van der Waals surface area contributed by atoms with Crippen LogP contribution in [0.15, 0.2) is 72.8 Å². The van der Waals surface area contributed by atoms with E-state index in [1.807, 2.05) is 24.3 Å². The van der Waals surface area contributed by atoms with Crippen LogP contribution in [0.25, 0.3) is 0 Å². The molecule has 0 aromatic heterocycles. The third-order valence-electron chi connectivity index (χ3n) is 6.51. The zero-order chi connectivity index (χ0) is 29.4. The normalized spacial score (nSPS) is 11.9. The Labute approximate surface area is 234 Å². The summed E-state index contributed by atoms with van der Waals surface area (Å²) in [6.45, 7) is 27.0. The van der Waals surface area contributed by atoms with Crippen LogP contribution in [0, 0.1) is 0 Å². The monoisotopic (exact) mass is 518 g/mol. The molecule has 0 bridgehead atoms. The second-order valence-electron chi connectivity index (χ2n) is 14.0. The summed E-state index contributed by atoms with van der Waals surface area (Å²) >= 11 is 0. The second kappa shape index (κ2) is 13.4. The fourth-order valence-electron chi connectivity index (χ4n) is 3.63. The summed E-state index contributed by atoms with van der Waals surface area (Å²) in [6.07, 6.45) is 0. The lowest BCUT2D eigenvalue weighted by Crippen LogP contribution is -2.15. The van der Waals surface area contributed by atoms with E-state index in [0.29, 0.717) is 0 Å². The van der Waals surface area contributed by atoms with Gasteiger partial charge in [-0.2, -0.15) is 0 Å². The molecule has 0 saturated carbocycles. The van der Waals surface area contributed by atoms with Crippen molar-refractivity contribution >= 4 is 0 Å². The Bertz CT molecular complexity index is 994. The summed E-state index contributed by atoms with van der Waals surface area (Å²) in [5.41, 5.74) is 6.68. The van der Waals surface area contributed by atoms with Crippen molar-refractivity contribution in [2.75, 3.05) is 14.2 Å². The predicted octanol–water partition coefficient (Wildman–Crippen LogP) is 10.3. The van der Waals surface area contributed by atoms with Crippen molar-refractivity contribution in [3.8, 4) is 11.5 Å². The van der Waals surface area contributed by atoms with E-state index < -0.39 is 0 Å². The Morgan fingerprint density at radius 1 is 0.368 bits per heavy atom. The molecular weight excluding hydrogens is 464 g/mol. The fraction of sp³-hybridized carbons (Fsp3) is 0.500. The molecule has 0 aliphatic heterocycles. The molecule has 2 heteroatoms. The van der Waals surface area contributed by atoms with E-state index in [1.165, 1.54) is 22.3 Å². The van der Waals surface area contributed by atoms with Gasteiger partial charge < -0.3 is 9.47 Å². The van der Waals surface area contributed by atoms with E-state index >= 15 is 0 Å². The van der Waals surface area contributed by atoms with Crippen LogP contribution in [0.1, 0.15) is 105 Å². The molecule has 0 atom stereocenters. The van der Waals surface area contributed by atoms with Gasteiger partial charge in [-0.25, -0.2) is 0 Å². The maximum absolute atomic E-state index is 4.96. The quantitative estimate of drug-likeness (QED) is 0.336. The predicted molar refractivity (Wildman–Crippen MR) is 167 cm³/mol. The minimum atomic E-state index is 0.251. The molecule has 0 amide bonds. The summed E-state index contributed by atoms with van der Waals surface area (Å²) in [6, 6.07) is 25.4. The minimum absolute atomic E-state index is 0.251. The fourth-order valence-corrected chi connectivity index (χ4v) is 3.63. The lowest BCUT2D eigenvalue weighted by Gasteiger charge is -2.24. The van der Waals surface area contributed by atoms with Gasteiger partial charge in [0, 0.05) is 0 Å². The number of benzene rings is 3. The number of ether oxygens (including phenoxy) is 2. The molecule has 2 nitrogen and oxygen atoms in total. The summed E-state index contributed by atoms with van der Waals surface area (Å²) in [7, 11) is 3.28. The summed E-state index contributed by atoms with van der Waals surface area (Å²) in [5.74, 6) is 1.70. The number of rotatable bonds is 2. The molecule has 0 fully saturated rings. The third-order valence-corrected chi connectivity index (χ3v) is 6.51. The van der Waals surface area contributed by atoms with Crippen LogP contribution < -0.4 is 9.47 Å². The van der Waals surface area contributed by atoms with Crippen LogP contribution in [0.4, 0.5) is 0 Å². The van der Waals surface area contributed by atoms with Gasteiger partial charge >= 0.3 is 0 Å². The van der Waals surface area contributed by atoms with E-state index in [1.54, 1.807) is 14.2 Å². The van der Waals surface area contributed by atoms with Gasteiger partial charge in [0.05, 0.1) is 14.2 Å². The number of hydrogen-bond acceptors (Lipinski definition) is 2. The molecule has 0 N–H and O–H groups in total. The average molecular weight is 519 g/mol. The van der Waals surface area contributed by atoms with Crippen molar-refractivity contribution in [1.29, 1.82) is 0 Å². The first-order chi connectivity index (χ1) is 17.3. The summed E-state index contributed by atoms with van der Waals surface area (Å²) in [5, 5.41) is 0. The lowest BCUT2D eigenvalue weighted by atomic mass is 9.81. The van der Waals surface area contributed by atoms with Gasteiger partial charge in [-0.3, -0.25) is 0 Å². The van der Waals surface area contributed by atoms with Crippen LogP contribution in [-0.2, 0) is 21.7 Å². The van der Waals surface area contributed by atoms with Crippen LogP contribution in [-0.4, -0.2) is 14.2 Å². The molecule has 210 valence electrons. The van der Waals surface area contributed by atoms with Crippen molar-refractivity contribution in [2.24, 2.45) is 0 Å². The lowest BCUT2D eigenvalue weighted by molar-refractivity contribution is 0.403. The van der Waals surface area contributed by atoms with E-state index in [-0.39, 0.29) is 21.7 Å². The second-order valence-corrected chi connectivity index (χ2v) is 14.0. The van der Waals surface area contributed by atoms with Crippen molar-refractivity contribution in [2.45, 2.75) is 105 Å². The smallest absolute Gasteiger partial charge is 0.119 e. The van der Waals surface area contributed by atoms with Crippen molar-refractivity contribution in [3.63, 3.8) is 0 Å². The first kappa shape index (κ1) is 33.3. The summed E-state index contributed by atoms with van der Waals surface area (Å²) < 4.78 is 9.92. The molecule has 0 heterocycles. The molecule has 3 aromatic rings. The summed E-state index contributed by atoms with van der Waals surface area (Å²) in [4.78, 5) is 0. The number of hydrogen-bond donors (Lipinski definition) is 0. The van der Waals surface area contributed by atoms with Gasteiger partial charge in [-0.1, -0.05) is 132 Å². The molecule has 0 spiro atoms. The van der Waals surface area contributed by atoms with E-state index in [4.69, 9.17) is 9.47 Å². The Morgan fingerprint density at radius 3 is 0.842 bits per heavy atom. The largest absolute Gasteiger partial charge is 0.497 e. The highest BCUT2D eigenvalue weighted by Crippen LogP contribution is 2.29. The molecule has 0 aliphatic rings. The van der Waals surface area contributed by atoms with Gasteiger partial charge in [0.1, 0.15) is 11.5 Å². The van der Waals surface area contributed by atoms with Crippen molar-refractivity contribution in [3.05, 3.63) is 95.1 Å². The average Bonchev–Trinajstić information content (AvgIpc) is 2.83. The number of methoxy groups -OCH3 is 2.